The van der Waals surface area contributed by atoms with E-state index in [-0.39, 0.29) is 53.3 Å². The zero-order valence-electron chi connectivity index (χ0n) is 20.7. The Labute approximate surface area is 219 Å². The maximum atomic E-state index is 14.6. The standard InChI is InChI=1S/C28H27F2NO6S/c1-18-3-2-4-22(13-18)38(34,35)31-17-21(16-28(27(32)33)9-11-36-12-10-28)37-26-8-5-19(14-25(26)31)23-15-20(29)6-7-24(23)30/h2-8,13-15,21H,9-12,16-17H2,1H3,(H,32,33)/t21-/m0/s1. The van der Waals surface area contributed by atoms with E-state index in [0.717, 1.165) is 23.8 Å². The van der Waals surface area contributed by atoms with Crippen LogP contribution >= 0.6 is 0 Å². The second-order valence-electron chi connectivity index (χ2n) is 9.80. The van der Waals surface area contributed by atoms with Crippen molar-refractivity contribution >= 4 is 21.7 Å². The molecule has 2 heterocycles. The van der Waals surface area contributed by atoms with Crippen LogP contribution < -0.4 is 9.04 Å². The molecule has 2 aliphatic heterocycles. The van der Waals surface area contributed by atoms with Crippen molar-refractivity contribution in [2.45, 2.75) is 37.2 Å². The van der Waals surface area contributed by atoms with Crippen molar-refractivity contribution in [2.24, 2.45) is 5.41 Å². The number of carboxylic acid groups (broad SMARTS) is 1. The SMILES string of the molecule is Cc1cccc(S(=O)(=O)N2C[C@H](CC3(C(=O)O)CCOCC3)Oc3ccc(-c4cc(F)ccc4F)cc32)c1. The quantitative estimate of drug-likeness (QED) is 0.461. The predicted molar refractivity (Wildman–Crippen MR) is 137 cm³/mol. The van der Waals surface area contributed by atoms with E-state index >= 15 is 0 Å². The molecule has 1 atom stereocenters. The minimum Gasteiger partial charge on any atom is -0.486 e. The molecule has 10 heteroatoms. The van der Waals surface area contributed by atoms with E-state index in [1.54, 1.807) is 25.1 Å². The highest BCUT2D eigenvalue weighted by atomic mass is 32.2. The van der Waals surface area contributed by atoms with Crippen LogP contribution in [-0.4, -0.2) is 45.4 Å². The minimum absolute atomic E-state index is 0.0186. The molecule has 38 heavy (non-hydrogen) atoms. The minimum atomic E-state index is -4.12. The molecular weight excluding hydrogens is 516 g/mol. The number of sulfonamides is 1. The number of anilines is 1. The molecule has 3 aromatic carbocycles. The fourth-order valence-electron chi connectivity index (χ4n) is 5.14. The summed E-state index contributed by atoms with van der Waals surface area (Å²) >= 11 is 0. The highest BCUT2D eigenvalue weighted by Crippen LogP contribution is 2.44. The lowest BCUT2D eigenvalue weighted by atomic mass is 9.75. The van der Waals surface area contributed by atoms with Crippen molar-refractivity contribution in [2.75, 3.05) is 24.1 Å². The van der Waals surface area contributed by atoms with Gasteiger partial charge in [0.1, 0.15) is 23.5 Å². The number of halogens is 2. The van der Waals surface area contributed by atoms with Crippen LogP contribution in [0.4, 0.5) is 14.5 Å². The van der Waals surface area contributed by atoms with Gasteiger partial charge in [-0.05, 0) is 73.4 Å². The van der Waals surface area contributed by atoms with Crippen LogP contribution in [0.3, 0.4) is 0 Å². The second kappa shape index (κ2) is 9.99. The molecule has 200 valence electrons. The van der Waals surface area contributed by atoms with Gasteiger partial charge in [0.15, 0.2) is 0 Å². The summed E-state index contributed by atoms with van der Waals surface area (Å²) in [6, 6.07) is 14.0. The number of fused-ring (bicyclic) bond motifs is 1. The van der Waals surface area contributed by atoms with Crippen molar-refractivity contribution in [3.63, 3.8) is 0 Å². The molecular formula is C28H27F2NO6S. The Morgan fingerprint density at radius 2 is 1.84 bits per heavy atom. The number of benzene rings is 3. The maximum Gasteiger partial charge on any atom is 0.309 e. The largest absolute Gasteiger partial charge is 0.486 e. The van der Waals surface area contributed by atoms with Crippen molar-refractivity contribution in [3.05, 3.63) is 77.9 Å². The molecule has 7 nitrogen and oxygen atoms in total. The van der Waals surface area contributed by atoms with E-state index in [1.165, 1.54) is 28.6 Å². The maximum absolute atomic E-state index is 14.6. The number of carbonyl (C=O) groups is 1. The molecule has 1 saturated heterocycles. The molecule has 0 aliphatic carbocycles. The lowest BCUT2D eigenvalue weighted by Crippen LogP contribution is -2.48. The molecule has 0 bridgehead atoms. The molecule has 0 amide bonds. The van der Waals surface area contributed by atoms with E-state index < -0.39 is 39.1 Å². The second-order valence-corrected chi connectivity index (χ2v) is 11.7. The van der Waals surface area contributed by atoms with Gasteiger partial charge in [0, 0.05) is 25.2 Å². The summed E-state index contributed by atoms with van der Waals surface area (Å²) in [6.45, 7) is 2.23. The van der Waals surface area contributed by atoms with Crippen LogP contribution in [-0.2, 0) is 19.6 Å². The van der Waals surface area contributed by atoms with Crippen molar-refractivity contribution < 1.29 is 36.6 Å². The third kappa shape index (κ3) is 4.86. The molecule has 1 fully saturated rings. The third-order valence-electron chi connectivity index (χ3n) is 7.23. The first kappa shape index (κ1) is 26.1. The van der Waals surface area contributed by atoms with Gasteiger partial charge in [-0.25, -0.2) is 17.2 Å². The molecule has 0 radical (unpaired) electrons. The van der Waals surface area contributed by atoms with Gasteiger partial charge in [-0.1, -0.05) is 18.2 Å². The fourth-order valence-corrected chi connectivity index (χ4v) is 6.74. The van der Waals surface area contributed by atoms with Gasteiger partial charge in [-0.15, -0.1) is 0 Å². The Balaban J connectivity index is 1.60. The average molecular weight is 544 g/mol. The Kier molecular flexibility index (Phi) is 6.87. The molecule has 3 aromatic rings. The van der Waals surface area contributed by atoms with Gasteiger partial charge in [0.05, 0.1) is 22.5 Å². The Morgan fingerprint density at radius 1 is 1.08 bits per heavy atom. The smallest absolute Gasteiger partial charge is 0.309 e. The van der Waals surface area contributed by atoms with Crippen LogP contribution in [0.15, 0.2) is 65.6 Å². The molecule has 0 saturated carbocycles. The van der Waals surface area contributed by atoms with Gasteiger partial charge in [-0.2, -0.15) is 0 Å². The number of hydrogen-bond acceptors (Lipinski definition) is 5. The van der Waals surface area contributed by atoms with Crippen LogP contribution in [0.5, 0.6) is 5.75 Å². The summed E-state index contributed by atoms with van der Waals surface area (Å²) in [5.74, 6) is -2.04. The summed E-state index contributed by atoms with van der Waals surface area (Å²) in [5, 5.41) is 10.1. The number of aliphatic carboxylic acids is 1. The van der Waals surface area contributed by atoms with Gasteiger partial charge < -0.3 is 14.6 Å². The van der Waals surface area contributed by atoms with E-state index in [2.05, 4.69) is 0 Å². The summed E-state index contributed by atoms with van der Waals surface area (Å²) in [5.41, 5.74) is 0.0663. The summed E-state index contributed by atoms with van der Waals surface area (Å²) < 4.78 is 69.0. The first-order valence-electron chi connectivity index (χ1n) is 12.3. The van der Waals surface area contributed by atoms with Crippen molar-refractivity contribution in [3.8, 4) is 16.9 Å². The van der Waals surface area contributed by atoms with Crippen LogP contribution in [0.25, 0.3) is 11.1 Å². The van der Waals surface area contributed by atoms with E-state index in [0.29, 0.717) is 13.2 Å². The third-order valence-corrected chi connectivity index (χ3v) is 9.01. The predicted octanol–water partition coefficient (Wildman–Crippen LogP) is 5.17. The fraction of sp³-hybridized carbons (Fsp3) is 0.321. The van der Waals surface area contributed by atoms with E-state index in [9.17, 15) is 27.1 Å². The summed E-state index contributed by atoms with van der Waals surface area (Å²) in [6.07, 6.45) is -0.0896. The number of aryl methyl sites for hydroxylation is 1. The molecule has 5 rings (SSSR count). The average Bonchev–Trinajstić information content (AvgIpc) is 2.90. The monoisotopic (exact) mass is 543 g/mol. The molecule has 1 N–H and O–H groups in total. The zero-order chi connectivity index (χ0) is 27.1. The Morgan fingerprint density at radius 3 is 2.55 bits per heavy atom. The van der Waals surface area contributed by atoms with Crippen LogP contribution in [0, 0.1) is 24.0 Å². The number of ether oxygens (including phenoxy) is 2. The zero-order valence-corrected chi connectivity index (χ0v) is 21.5. The highest BCUT2D eigenvalue weighted by Gasteiger charge is 2.45. The van der Waals surface area contributed by atoms with E-state index in [4.69, 9.17) is 9.47 Å². The first-order chi connectivity index (χ1) is 18.1. The number of carboxylic acids is 1. The Hall–Kier alpha value is -3.50. The lowest BCUT2D eigenvalue weighted by Gasteiger charge is -2.40. The number of hydrogen-bond donors (Lipinski definition) is 1. The van der Waals surface area contributed by atoms with Gasteiger partial charge in [0.25, 0.3) is 10.0 Å². The summed E-state index contributed by atoms with van der Waals surface area (Å²) in [7, 11) is -4.12. The number of nitrogens with zero attached hydrogens (tertiary/aromatic N) is 1. The molecule has 0 aromatic heterocycles. The van der Waals surface area contributed by atoms with Gasteiger partial charge in [-0.3, -0.25) is 9.10 Å². The van der Waals surface area contributed by atoms with Crippen molar-refractivity contribution in [1.29, 1.82) is 0 Å². The Bertz CT molecular complexity index is 1490. The highest BCUT2D eigenvalue weighted by molar-refractivity contribution is 7.92. The summed E-state index contributed by atoms with van der Waals surface area (Å²) in [4.78, 5) is 12.3. The van der Waals surface area contributed by atoms with E-state index in [1.807, 2.05) is 0 Å². The molecule has 0 spiro atoms. The van der Waals surface area contributed by atoms with Crippen molar-refractivity contribution in [1.82, 2.24) is 0 Å². The van der Waals surface area contributed by atoms with Crippen LogP contribution in [0.2, 0.25) is 0 Å². The van der Waals surface area contributed by atoms with Gasteiger partial charge >= 0.3 is 5.97 Å². The molecule has 2 aliphatic rings. The van der Waals surface area contributed by atoms with Crippen LogP contribution in [0.1, 0.15) is 24.8 Å². The molecule has 0 unspecified atom stereocenters. The normalized spacial score (nSPS) is 18.9. The first-order valence-corrected chi connectivity index (χ1v) is 13.7. The number of rotatable bonds is 6. The van der Waals surface area contributed by atoms with Gasteiger partial charge in [0.2, 0.25) is 0 Å². The topological polar surface area (TPSA) is 93.1 Å². The lowest BCUT2D eigenvalue weighted by molar-refractivity contribution is -0.157.